The number of fused-ring (bicyclic) bond motifs is 1. The van der Waals surface area contributed by atoms with Crippen LogP contribution in [0, 0.1) is 6.92 Å². The van der Waals surface area contributed by atoms with E-state index < -0.39 is 10.0 Å². The van der Waals surface area contributed by atoms with Crippen molar-refractivity contribution in [1.82, 2.24) is 9.29 Å². The van der Waals surface area contributed by atoms with Gasteiger partial charge in [0, 0.05) is 23.9 Å². The van der Waals surface area contributed by atoms with Crippen molar-refractivity contribution in [3.05, 3.63) is 33.7 Å². The number of aryl methyl sites for hydroxylation is 2. The second-order valence-corrected chi connectivity index (χ2v) is 10.2. The topological polar surface area (TPSA) is 86.6 Å². The molecular formula is C21H34N2O5S. The highest BCUT2D eigenvalue weighted by atomic mass is 32.2. The maximum atomic E-state index is 12.8. The van der Waals surface area contributed by atoms with Gasteiger partial charge < -0.3 is 14.0 Å². The van der Waals surface area contributed by atoms with Crippen molar-refractivity contribution < 1.29 is 17.9 Å². The van der Waals surface area contributed by atoms with Gasteiger partial charge in [-0.1, -0.05) is 13.0 Å². The molecule has 3 rings (SSSR count). The third kappa shape index (κ3) is 5.90. The predicted octanol–water partition coefficient (Wildman–Crippen LogP) is 2.32. The van der Waals surface area contributed by atoms with Crippen LogP contribution in [0.5, 0.6) is 0 Å². The van der Waals surface area contributed by atoms with Crippen molar-refractivity contribution in [2.45, 2.75) is 83.1 Å². The Balaban J connectivity index is 1.71. The van der Waals surface area contributed by atoms with Gasteiger partial charge in [0.2, 0.25) is 10.0 Å². The van der Waals surface area contributed by atoms with Gasteiger partial charge in [-0.05, 0) is 57.9 Å². The van der Waals surface area contributed by atoms with Crippen LogP contribution in [0.1, 0.15) is 62.7 Å². The molecule has 29 heavy (non-hydrogen) atoms. The van der Waals surface area contributed by atoms with E-state index >= 15 is 0 Å². The summed E-state index contributed by atoms with van der Waals surface area (Å²) in [5, 5.41) is 0. The SMILES string of the molecule is CCCOC1CCC(OC[C@H]2[C@@H](NS(C)(=O)=O)CCc3ccc(C)c(=O)n32)CC1. The van der Waals surface area contributed by atoms with Crippen molar-refractivity contribution in [2.24, 2.45) is 0 Å². The summed E-state index contributed by atoms with van der Waals surface area (Å²) in [4.78, 5) is 12.8. The molecule has 0 unspecified atom stereocenters. The van der Waals surface area contributed by atoms with E-state index in [1.54, 1.807) is 11.5 Å². The highest BCUT2D eigenvalue weighted by Crippen LogP contribution is 2.28. The van der Waals surface area contributed by atoms with Gasteiger partial charge in [0.15, 0.2) is 0 Å². The van der Waals surface area contributed by atoms with Crippen molar-refractivity contribution in [3.63, 3.8) is 0 Å². The van der Waals surface area contributed by atoms with E-state index in [0.29, 0.717) is 31.1 Å². The summed E-state index contributed by atoms with van der Waals surface area (Å²) in [5.41, 5.74) is 1.54. The van der Waals surface area contributed by atoms with Crippen LogP contribution < -0.4 is 10.3 Å². The molecule has 1 aliphatic carbocycles. The summed E-state index contributed by atoms with van der Waals surface area (Å²) in [6.07, 6.45) is 7.78. The lowest BCUT2D eigenvalue weighted by atomic mass is 9.94. The summed E-state index contributed by atoms with van der Waals surface area (Å²) in [6, 6.07) is 3.13. The number of nitrogens with one attached hydrogen (secondary N) is 1. The lowest BCUT2D eigenvalue weighted by Crippen LogP contribution is -2.49. The van der Waals surface area contributed by atoms with Gasteiger partial charge >= 0.3 is 0 Å². The Morgan fingerprint density at radius 3 is 2.38 bits per heavy atom. The molecule has 1 aromatic heterocycles. The third-order valence-electron chi connectivity index (χ3n) is 5.95. The average molecular weight is 427 g/mol. The van der Waals surface area contributed by atoms with Gasteiger partial charge in [0.05, 0.1) is 31.1 Å². The van der Waals surface area contributed by atoms with Crippen LogP contribution in [0.3, 0.4) is 0 Å². The average Bonchev–Trinajstić information content (AvgIpc) is 2.68. The molecule has 0 spiro atoms. The molecule has 1 fully saturated rings. The van der Waals surface area contributed by atoms with Crippen molar-refractivity contribution in [3.8, 4) is 0 Å². The summed E-state index contributed by atoms with van der Waals surface area (Å²) in [5.74, 6) is 0. The van der Waals surface area contributed by atoms with Crippen LogP contribution in [-0.4, -0.2) is 50.7 Å². The Bertz CT molecular complexity index is 843. The minimum Gasteiger partial charge on any atom is -0.378 e. The van der Waals surface area contributed by atoms with Crippen molar-refractivity contribution in [1.29, 1.82) is 0 Å². The molecule has 0 aromatic carbocycles. The predicted molar refractivity (Wildman–Crippen MR) is 113 cm³/mol. The molecule has 164 valence electrons. The monoisotopic (exact) mass is 426 g/mol. The molecule has 2 atom stereocenters. The number of hydrogen-bond acceptors (Lipinski definition) is 5. The molecule has 1 aromatic rings. The zero-order chi connectivity index (χ0) is 21.0. The lowest BCUT2D eigenvalue weighted by Gasteiger charge is -2.37. The van der Waals surface area contributed by atoms with Gasteiger partial charge in [-0.3, -0.25) is 4.79 Å². The second kappa shape index (κ2) is 9.73. The molecule has 0 radical (unpaired) electrons. The smallest absolute Gasteiger partial charge is 0.254 e. The maximum absolute atomic E-state index is 12.8. The molecule has 1 N–H and O–H groups in total. The Morgan fingerprint density at radius 2 is 1.76 bits per heavy atom. The van der Waals surface area contributed by atoms with Gasteiger partial charge in [-0.15, -0.1) is 0 Å². The van der Waals surface area contributed by atoms with Crippen LogP contribution >= 0.6 is 0 Å². The molecule has 1 saturated carbocycles. The largest absolute Gasteiger partial charge is 0.378 e. The van der Waals surface area contributed by atoms with Gasteiger partial charge in [-0.2, -0.15) is 0 Å². The molecule has 2 heterocycles. The zero-order valence-electron chi connectivity index (χ0n) is 17.7. The third-order valence-corrected chi connectivity index (χ3v) is 6.68. The number of pyridine rings is 1. The Labute approximate surface area is 173 Å². The van der Waals surface area contributed by atoms with E-state index in [2.05, 4.69) is 11.6 Å². The first-order valence-electron chi connectivity index (χ1n) is 10.7. The maximum Gasteiger partial charge on any atom is 0.254 e. The molecular weight excluding hydrogens is 392 g/mol. The first-order chi connectivity index (χ1) is 13.8. The fraction of sp³-hybridized carbons (Fsp3) is 0.762. The van der Waals surface area contributed by atoms with E-state index in [-0.39, 0.29) is 23.7 Å². The van der Waals surface area contributed by atoms with Crippen LogP contribution in [0.25, 0.3) is 0 Å². The minimum absolute atomic E-state index is 0.0622. The molecule has 2 aliphatic rings. The van der Waals surface area contributed by atoms with Crippen LogP contribution in [-0.2, 0) is 25.9 Å². The normalized spacial score (nSPS) is 27.6. The number of nitrogens with zero attached hydrogens (tertiary/aromatic N) is 1. The molecule has 7 nitrogen and oxygen atoms in total. The molecule has 0 saturated heterocycles. The fourth-order valence-corrected chi connectivity index (χ4v) is 5.25. The highest BCUT2D eigenvalue weighted by molar-refractivity contribution is 7.88. The zero-order valence-corrected chi connectivity index (χ0v) is 18.5. The van der Waals surface area contributed by atoms with E-state index in [1.807, 2.05) is 12.1 Å². The van der Waals surface area contributed by atoms with E-state index in [1.165, 1.54) is 0 Å². The second-order valence-electron chi connectivity index (χ2n) is 8.39. The summed E-state index contributed by atoms with van der Waals surface area (Å²) < 4.78 is 40.3. The first kappa shape index (κ1) is 22.5. The fourth-order valence-electron chi connectivity index (χ4n) is 4.42. The molecule has 1 aliphatic heterocycles. The van der Waals surface area contributed by atoms with Crippen molar-refractivity contribution >= 4 is 10.0 Å². The molecule has 0 amide bonds. The van der Waals surface area contributed by atoms with E-state index in [9.17, 15) is 13.2 Å². The number of aromatic nitrogens is 1. The Hall–Kier alpha value is -1.22. The molecule has 0 bridgehead atoms. The van der Waals surface area contributed by atoms with Crippen LogP contribution in [0.15, 0.2) is 16.9 Å². The number of ether oxygens (including phenoxy) is 2. The minimum atomic E-state index is -3.38. The van der Waals surface area contributed by atoms with Crippen LogP contribution in [0.4, 0.5) is 0 Å². The Morgan fingerprint density at radius 1 is 1.10 bits per heavy atom. The number of hydrogen-bond donors (Lipinski definition) is 1. The number of rotatable bonds is 8. The van der Waals surface area contributed by atoms with E-state index in [0.717, 1.165) is 50.7 Å². The summed E-state index contributed by atoms with van der Waals surface area (Å²) in [7, 11) is -3.38. The van der Waals surface area contributed by atoms with Gasteiger partial charge in [0.1, 0.15) is 0 Å². The first-order valence-corrected chi connectivity index (χ1v) is 12.6. The molecule has 8 heteroatoms. The lowest BCUT2D eigenvalue weighted by molar-refractivity contribution is -0.0421. The summed E-state index contributed by atoms with van der Waals surface area (Å²) in [6.45, 7) is 5.03. The van der Waals surface area contributed by atoms with E-state index in [4.69, 9.17) is 9.47 Å². The highest BCUT2D eigenvalue weighted by Gasteiger charge is 2.33. The van der Waals surface area contributed by atoms with Crippen molar-refractivity contribution in [2.75, 3.05) is 19.5 Å². The van der Waals surface area contributed by atoms with Crippen LogP contribution in [0.2, 0.25) is 0 Å². The van der Waals surface area contributed by atoms with Gasteiger partial charge in [0.25, 0.3) is 5.56 Å². The standard InChI is InChI=1S/C21H34N2O5S/c1-4-13-27-17-8-10-18(11-9-17)28-14-20-19(22-29(3,25)26)12-7-16-6-5-15(2)21(24)23(16)20/h5-6,17-20,22H,4,7-14H2,1-3H3/t17?,18?,19-,20-/m0/s1. The summed E-state index contributed by atoms with van der Waals surface area (Å²) >= 11 is 0. The number of sulfonamides is 1. The quantitative estimate of drug-likeness (QED) is 0.689. The van der Waals surface area contributed by atoms with Gasteiger partial charge in [-0.25, -0.2) is 13.1 Å². The Kier molecular flexibility index (Phi) is 7.53.